The molecule has 1 aromatic rings. The molecule has 0 saturated heterocycles. The highest BCUT2D eigenvalue weighted by atomic mass is 32.2. The van der Waals surface area contributed by atoms with E-state index >= 15 is 0 Å². The molecule has 0 radical (unpaired) electrons. The molecule has 0 spiro atoms. The van der Waals surface area contributed by atoms with E-state index in [9.17, 15) is 4.79 Å². The van der Waals surface area contributed by atoms with Gasteiger partial charge >= 0.3 is 0 Å². The summed E-state index contributed by atoms with van der Waals surface area (Å²) in [5, 5.41) is 3.96. The summed E-state index contributed by atoms with van der Waals surface area (Å²) >= 11 is 1.44. The summed E-state index contributed by atoms with van der Waals surface area (Å²) in [5.41, 5.74) is 0. The zero-order valence-electron chi connectivity index (χ0n) is 11.5. The first-order valence-electron chi connectivity index (χ1n) is 6.41. The van der Waals surface area contributed by atoms with Gasteiger partial charge in [-0.25, -0.2) is 0 Å². The van der Waals surface area contributed by atoms with Crippen molar-refractivity contribution in [3.63, 3.8) is 0 Å². The number of anilines is 2. The van der Waals surface area contributed by atoms with Gasteiger partial charge in [0.2, 0.25) is 17.8 Å². The Morgan fingerprint density at radius 3 is 2.58 bits per heavy atom. The van der Waals surface area contributed by atoms with E-state index < -0.39 is 0 Å². The van der Waals surface area contributed by atoms with Crippen molar-refractivity contribution in [2.45, 2.75) is 43.8 Å². The molecule has 1 saturated carbocycles. The average molecular weight is 281 g/mol. The Kier molecular flexibility index (Phi) is 4.57. The second-order valence-corrected chi connectivity index (χ2v) is 5.42. The van der Waals surface area contributed by atoms with E-state index in [1.54, 1.807) is 7.05 Å². The number of aromatic nitrogens is 3. The van der Waals surface area contributed by atoms with E-state index in [0.717, 1.165) is 12.8 Å². The molecule has 0 aliphatic heterocycles. The Balaban J connectivity index is 2.21. The maximum Gasteiger partial charge on any atom is 0.237 e. The van der Waals surface area contributed by atoms with Crippen LogP contribution in [0.4, 0.5) is 11.9 Å². The summed E-state index contributed by atoms with van der Waals surface area (Å²) in [7, 11) is 1.67. The normalized spacial score (nSPS) is 15.5. The van der Waals surface area contributed by atoms with Crippen LogP contribution < -0.4 is 10.2 Å². The van der Waals surface area contributed by atoms with Crippen LogP contribution in [-0.4, -0.2) is 40.2 Å². The Morgan fingerprint density at radius 1 is 1.32 bits per heavy atom. The predicted octanol–water partition coefficient (Wildman–Crippen LogP) is 1.93. The zero-order valence-corrected chi connectivity index (χ0v) is 12.3. The summed E-state index contributed by atoms with van der Waals surface area (Å²) in [5.74, 6) is 0.867. The van der Waals surface area contributed by atoms with Crippen LogP contribution in [0.1, 0.15) is 32.6 Å². The second kappa shape index (κ2) is 6.18. The van der Waals surface area contributed by atoms with Crippen molar-refractivity contribution in [3.05, 3.63) is 0 Å². The smallest absolute Gasteiger partial charge is 0.237 e. The van der Waals surface area contributed by atoms with Gasteiger partial charge in [-0.2, -0.15) is 15.0 Å². The molecule has 1 aromatic heterocycles. The summed E-state index contributed by atoms with van der Waals surface area (Å²) in [4.78, 5) is 25.8. The van der Waals surface area contributed by atoms with E-state index in [0.29, 0.717) is 23.1 Å². The molecule has 7 heteroatoms. The summed E-state index contributed by atoms with van der Waals surface area (Å²) in [6.45, 7) is 1.49. The summed E-state index contributed by atoms with van der Waals surface area (Å²) in [6.07, 6.45) is 6.71. The van der Waals surface area contributed by atoms with Gasteiger partial charge in [-0.3, -0.25) is 9.69 Å². The standard InChI is InChI=1S/C12H19N5OS/c1-8(18)17(2)11-14-10(15-12(16-11)19-3)13-9-6-4-5-7-9/h9H,4-7H2,1-3H3,(H,13,14,15,16). The number of amides is 1. The number of nitrogens with one attached hydrogen (secondary N) is 1. The fraction of sp³-hybridized carbons (Fsp3) is 0.667. The minimum atomic E-state index is -0.0925. The largest absolute Gasteiger partial charge is 0.351 e. The topological polar surface area (TPSA) is 71.0 Å². The molecule has 104 valence electrons. The highest BCUT2D eigenvalue weighted by molar-refractivity contribution is 7.98. The van der Waals surface area contributed by atoms with Crippen LogP contribution in [0.5, 0.6) is 0 Å². The van der Waals surface area contributed by atoms with Crippen LogP contribution in [0.15, 0.2) is 5.16 Å². The van der Waals surface area contributed by atoms with Crippen molar-refractivity contribution in [1.29, 1.82) is 0 Å². The van der Waals surface area contributed by atoms with Gasteiger partial charge in [-0.15, -0.1) is 0 Å². The molecule has 0 unspecified atom stereocenters. The third-order valence-corrected chi connectivity index (χ3v) is 3.79. The van der Waals surface area contributed by atoms with Crippen molar-refractivity contribution in [1.82, 2.24) is 15.0 Å². The average Bonchev–Trinajstić information content (AvgIpc) is 2.90. The minimum absolute atomic E-state index is 0.0925. The maximum atomic E-state index is 11.4. The predicted molar refractivity (Wildman–Crippen MR) is 76.6 cm³/mol. The maximum absolute atomic E-state index is 11.4. The number of hydrogen-bond acceptors (Lipinski definition) is 6. The summed E-state index contributed by atoms with van der Waals surface area (Å²) in [6, 6.07) is 0.438. The quantitative estimate of drug-likeness (QED) is 0.850. The van der Waals surface area contributed by atoms with Gasteiger partial charge in [0.25, 0.3) is 0 Å². The van der Waals surface area contributed by atoms with Crippen LogP contribution in [0, 0.1) is 0 Å². The molecule has 1 N–H and O–H groups in total. The number of nitrogens with zero attached hydrogens (tertiary/aromatic N) is 4. The number of hydrogen-bond donors (Lipinski definition) is 1. The SMILES string of the molecule is CSc1nc(NC2CCCC2)nc(N(C)C(C)=O)n1. The number of thioether (sulfide) groups is 1. The Labute approximate surface area is 117 Å². The number of rotatable bonds is 4. The highest BCUT2D eigenvalue weighted by Gasteiger charge is 2.18. The second-order valence-electron chi connectivity index (χ2n) is 4.65. The highest BCUT2D eigenvalue weighted by Crippen LogP contribution is 2.22. The lowest BCUT2D eigenvalue weighted by Crippen LogP contribution is -2.26. The Morgan fingerprint density at radius 2 is 2.00 bits per heavy atom. The molecule has 1 amide bonds. The molecule has 0 bridgehead atoms. The monoisotopic (exact) mass is 281 g/mol. The van der Waals surface area contributed by atoms with Gasteiger partial charge in [0.15, 0.2) is 5.16 Å². The first-order chi connectivity index (χ1) is 9.10. The minimum Gasteiger partial charge on any atom is -0.351 e. The molecule has 1 aliphatic carbocycles. The Hall–Kier alpha value is -1.37. The molecule has 6 nitrogen and oxygen atoms in total. The van der Waals surface area contributed by atoms with Gasteiger partial charge in [0, 0.05) is 20.0 Å². The first-order valence-corrected chi connectivity index (χ1v) is 7.63. The van der Waals surface area contributed by atoms with Gasteiger partial charge in [0.05, 0.1) is 0 Å². The van der Waals surface area contributed by atoms with Crippen molar-refractivity contribution in [2.75, 3.05) is 23.5 Å². The summed E-state index contributed by atoms with van der Waals surface area (Å²) < 4.78 is 0. The van der Waals surface area contributed by atoms with E-state index in [-0.39, 0.29) is 5.91 Å². The third kappa shape index (κ3) is 3.56. The van der Waals surface area contributed by atoms with E-state index in [1.807, 2.05) is 6.26 Å². The van der Waals surface area contributed by atoms with Crippen molar-refractivity contribution >= 4 is 29.6 Å². The molecule has 1 heterocycles. The molecule has 19 heavy (non-hydrogen) atoms. The molecule has 2 rings (SSSR count). The van der Waals surface area contributed by atoms with Crippen molar-refractivity contribution in [2.24, 2.45) is 0 Å². The fourth-order valence-corrected chi connectivity index (χ4v) is 2.40. The molecule has 1 aliphatic rings. The van der Waals surface area contributed by atoms with E-state index in [1.165, 1.54) is 36.4 Å². The van der Waals surface area contributed by atoms with Crippen molar-refractivity contribution in [3.8, 4) is 0 Å². The molecule has 0 aromatic carbocycles. The van der Waals surface area contributed by atoms with Gasteiger partial charge in [-0.05, 0) is 19.1 Å². The number of carbonyl (C=O) groups is 1. The van der Waals surface area contributed by atoms with Gasteiger partial charge < -0.3 is 5.32 Å². The fourth-order valence-electron chi connectivity index (χ4n) is 2.05. The molecular weight excluding hydrogens is 262 g/mol. The van der Waals surface area contributed by atoms with Crippen LogP contribution in [0.25, 0.3) is 0 Å². The van der Waals surface area contributed by atoms with Crippen LogP contribution in [0.3, 0.4) is 0 Å². The lowest BCUT2D eigenvalue weighted by molar-refractivity contribution is -0.116. The Bertz CT molecular complexity index is 461. The van der Waals surface area contributed by atoms with Gasteiger partial charge in [0.1, 0.15) is 0 Å². The first kappa shape index (κ1) is 14.0. The van der Waals surface area contributed by atoms with E-state index in [2.05, 4.69) is 20.3 Å². The van der Waals surface area contributed by atoms with Crippen LogP contribution in [-0.2, 0) is 4.79 Å². The zero-order chi connectivity index (χ0) is 13.8. The van der Waals surface area contributed by atoms with E-state index in [4.69, 9.17) is 0 Å². The molecule has 1 fully saturated rings. The van der Waals surface area contributed by atoms with Gasteiger partial charge in [-0.1, -0.05) is 24.6 Å². The van der Waals surface area contributed by atoms with Crippen molar-refractivity contribution < 1.29 is 4.79 Å². The third-order valence-electron chi connectivity index (χ3n) is 3.25. The lowest BCUT2D eigenvalue weighted by Gasteiger charge is -2.16. The molecule has 0 atom stereocenters. The van der Waals surface area contributed by atoms with Crippen LogP contribution >= 0.6 is 11.8 Å². The van der Waals surface area contributed by atoms with Crippen LogP contribution in [0.2, 0.25) is 0 Å². The lowest BCUT2D eigenvalue weighted by atomic mass is 10.3. The molecular formula is C12H19N5OS. The number of carbonyl (C=O) groups excluding carboxylic acids is 1.